The highest BCUT2D eigenvalue weighted by molar-refractivity contribution is 6.30. The van der Waals surface area contributed by atoms with E-state index in [0.717, 1.165) is 0 Å². The number of nitrogen functional groups attached to an aromatic ring is 1. The van der Waals surface area contributed by atoms with Crippen LogP contribution in [0.2, 0.25) is 5.02 Å². The van der Waals surface area contributed by atoms with Crippen molar-refractivity contribution in [2.24, 2.45) is 0 Å². The van der Waals surface area contributed by atoms with Gasteiger partial charge in [0, 0.05) is 6.20 Å². The Morgan fingerprint density at radius 3 is 3.00 bits per heavy atom. The van der Waals surface area contributed by atoms with Gasteiger partial charge >= 0.3 is 5.69 Å². The molecule has 82 valence electrons. The second-order valence-corrected chi connectivity index (χ2v) is 3.67. The predicted molar refractivity (Wildman–Crippen MR) is 61.3 cm³/mol. The number of halogens is 1. The highest BCUT2D eigenvalue weighted by atomic mass is 35.5. The summed E-state index contributed by atoms with van der Waals surface area (Å²) in [5, 5.41) is 0.406. The van der Waals surface area contributed by atoms with E-state index < -0.39 is 0 Å². The molecule has 2 aromatic heterocycles. The first-order valence-corrected chi connectivity index (χ1v) is 4.96. The van der Waals surface area contributed by atoms with Crippen LogP contribution in [-0.4, -0.2) is 14.5 Å². The average molecular weight is 237 g/mol. The monoisotopic (exact) mass is 236 g/mol. The van der Waals surface area contributed by atoms with Crippen molar-refractivity contribution in [1.29, 1.82) is 0 Å². The van der Waals surface area contributed by atoms with E-state index in [2.05, 4.69) is 9.97 Å². The minimum absolute atomic E-state index is 0.303. The van der Waals surface area contributed by atoms with Gasteiger partial charge in [-0.25, -0.2) is 14.8 Å². The average Bonchev–Trinajstić information content (AvgIpc) is 2.24. The number of pyridine rings is 1. The van der Waals surface area contributed by atoms with Crippen LogP contribution in [0.5, 0.6) is 0 Å². The Bertz CT molecular complexity index is 567. The van der Waals surface area contributed by atoms with Crippen LogP contribution in [0.3, 0.4) is 0 Å². The zero-order chi connectivity index (χ0) is 11.5. The van der Waals surface area contributed by atoms with Crippen LogP contribution >= 0.6 is 11.6 Å². The molecule has 0 aliphatic rings. The number of hydrogen-bond acceptors (Lipinski definition) is 4. The lowest BCUT2D eigenvalue weighted by Crippen LogP contribution is -2.22. The third-order valence-electron chi connectivity index (χ3n) is 1.98. The van der Waals surface area contributed by atoms with Crippen molar-refractivity contribution in [3.05, 3.63) is 51.8 Å². The zero-order valence-electron chi connectivity index (χ0n) is 8.30. The van der Waals surface area contributed by atoms with Crippen LogP contribution in [0.1, 0.15) is 5.69 Å². The molecule has 0 unspecified atom stereocenters. The minimum Gasteiger partial charge on any atom is -0.384 e. The molecule has 0 saturated carbocycles. The summed E-state index contributed by atoms with van der Waals surface area (Å²) in [5.74, 6) is 0.417. The first kappa shape index (κ1) is 10.6. The molecule has 16 heavy (non-hydrogen) atoms. The van der Waals surface area contributed by atoms with Gasteiger partial charge in [0.2, 0.25) is 0 Å². The summed E-state index contributed by atoms with van der Waals surface area (Å²) in [6.45, 7) is 0.303. The predicted octanol–water partition coefficient (Wildman–Crippen LogP) is 0.922. The Labute approximate surface area is 96.5 Å². The summed E-state index contributed by atoms with van der Waals surface area (Å²) < 4.78 is 1.38. The molecule has 5 nitrogen and oxygen atoms in total. The number of rotatable bonds is 2. The Morgan fingerprint density at radius 2 is 2.25 bits per heavy atom. The maximum atomic E-state index is 11.4. The summed E-state index contributed by atoms with van der Waals surface area (Å²) in [6, 6.07) is 5.24. The fourth-order valence-corrected chi connectivity index (χ4v) is 1.47. The van der Waals surface area contributed by atoms with Crippen LogP contribution in [0.4, 0.5) is 5.82 Å². The molecule has 2 heterocycles. The van der Waals surface area contributed by atoms with E-state index in [1.165, 1.54) is 17.0 Å². The van der Waals surface area contributed by atoms with Crippen LogP contribution in [0.15, 0.2) is 35.4 Å². The minimum atomic E-state index is -0.367. The number of aromatic nitrogens is 3. The molecule has 0 radical (unpaired) electrons. The second kappa shape index (κ2) is 4.32. The summed E-state index contributed by atoms with van der Waals surface area (Å²) in [4.78, 5) is 19.1. The van der Waals surface area contributed by atoms with E-state index in [0.29, 0.717) is 23.1 Å². The van der Waals surface area contributed by atoms with Crippen LogP contribution in [0, 0.1) is 0 Å². The van der Waals surface area contributed by atoms with Crippen molar-refractivity contribution >= 4 is 17.4 Å². The van der Waals surface area contributed by atoms with E-state index >= 15 is 0 Å². The van der Waals surface area contributed by atoms with Crippen molar-refractivity contribution in [2.75, 3.05) is 5.73 Å². The van der Waals surface area contributed by atoms with Gasteiger partial charge in [-0.15, -0.1) is 0 Å². The van der Waals surface area contributed by atoms with E-state index in [4.69, 9.17) is 17.3 Å². The number of nitrogens with zero attached hydrogens (tertiary/aromatic N) is 3. The van der Waals surface area contributed by atoms with E-state index in [9.17, 15) is 4.79 Å². The molecule has 0 atom stereocenters. The second-order valence-electron chi connectivity index (χ2n) is 3.24. The lowest BCUT2D eigenvalue weighted by molar-refractivity contribution is 0.712. The SMILES string of the molecule is Nc1cccc(Cn2cc(Cl)cnc2=O)n1. The molecule has 0 aromatic carbocycles. The van der Waals surface area contributed by atoms with Gasteiger partial charge in [0.15, 0.2) is 0 Å². The number of hydrogen-bond donors (Lipinski definition) is 1. The van der Waals surface area contributed by atoms with Crippen LogP contribution < -0.4 is 11.4 Å². The van der Waals surface area contributed by atoms with Gasteiger partial charge in [-0.3, -0.25) is 4.57 Å². The molecule has 0 saturated heterocycles. The fraction of sp³-hybridized carbons (Fsp3) is 0.100. The highest BCUT2D eigenvalue weighted by Crippen LogP contribution is 2.05. The molecule has 0 aliphatic carbocycles. The molecule has 0 amide bonds. The maximum absolute atomic E-state index is 11.4. The van der Waals surface area contributed by atoms with Crippen LogP contribution in [0.25, 0.3) is 0 Å². The van der Waals surface area contributed by atoms with Crippen molar-refractivity contribution in [1.82, 2.24) is 14.5 Å². The van der Waals surface area contributed by atoms with Gasteiger partial charge < -0.3 is 5.73 Å². The van der Waals surface area contributed by atoms with Gasteiger partial charge in [-0.05, 0) is 12.1 Å². The molecule has 2 rings (SSSR count). The van der Waals surface area contributed by atoms with Gasteiger partial charge in [0.25, 0.3) is 0 Å². The molecule has 0 fully saturated rings. The standard InChI is InChI=1S/C10H9ClN4O/c11-7-4-13-10(16)15(5-7)6-8-2-1-3-9(12)14-8/h1-5H,6H2,(H2,12,14). The molecule has 0 aliphatic heterocycles. The van der Waals surface area contributed by atoms with Crippen molar-refractivity contribution in [3.63, 3.8) is 0 Å². The first-order chi connectivity index (χ1) is 7.65. The van der Waals surface area contributed by atoms with Crippen molar-refractivity contribution in [2.45, 2.75) is 6.54 Å². The molecule has 0 bridgehead atoms. The summed E-state index contributed by atoms with van der Waals surface area (Å²) in [6.07, 6.45) is 2.83. The molecule has 2 aromatic rings. The van der Waals surface area contributed by atoms with E-state index in [1.807, 2.05) is 0 Å². The molecular weight excluding hydrogens is 228 g/mol. The number of nitrogens with two attached hydrogens (primary N) is 1. The Kier molecular flexibility index (Phi) is 2.87. The van der Waals surface area contributed by atoms with Gasteiger partial charge in [0.05, 0.1) is 23.5 Å². The first-order valence-electron chi connectivity index (χ1n) is 4.58. The Balaban J connectivity index is 2.34. The van der Waals surface area contributed by atoms with Gasteiger partial charge in [0.1, 0.15) is 5.82 Å². The molecule has 6 heteroatoms. The number of anilines is 1. The van der Waals surface area contributed by atoms with Crippen LogP contribution in [-0.2, 0) is 6.54 Å². The maximum Gasteiger partial charge on any atom is 0.347 e. The zero-order valence-corrected chi connectivity index (χ0v) is 9.05. The summed E-state index contributed by atoms with van der Waals surface area (Å²) >= 11 is 5.75. The molecular formula is C10H9ClN4O. The van der Waals surface area contributed by atoms with Gasteiger partial charge in [-0.2, -0.15) is 0 Å². The Morgan fingerprint density at radius 1 is 1.44 bits per heavy atom. The van der Waals surface area contributed by atoms with Gasteiger partial charge in [-0.1, -0.05) is 17.7 Å². The smallest absolute Gasteiger partial charge is 0.347 e. The lowest BCUT2D eigenvalue weighted by Gasteiger charge is -2.04. The largest absolute Gasteiger partial charge is 0.384 e. The molecule has 2 N–H and O–H groups in total. The van der Waals surface area contributed by atoms with Crippen molar-refractivity contribution < 1.29 is 0 Å². The summed E-state index contributed by atoms with van der Waals surface area (Å²) in [5.41, 5.74) is 5.86. The fourth-order valence-electron chi connectivity index (χ4n) is 1.30. The lowest BCUT2D eigenvalue weighted by atomic mass is 10.3. The van der Waals surface area contributed by atoms with E-state index in [1.54, 1.807) is 18.2 Å². The molecule has 0 spiro atoms. The third kappa shape index (κ3) is 2.38. The highest BCUT2D eigenvalue weighted by Gasteiger charge is 2.01. The van der Waals surface area contributed by atoms with E-state index in [-0.39, 0.29) is 5.69 Å². The third-order valence-corrected chi connectivity index (χ3v) is 2.18. The summed E-state index contributed by atoms with van der Waals surface area (Å²) in [7, 11) is 0. The topological polar surface area (TPSA) is 73.8 Å². The van der Waals surface area contributed by atoms with Crippen molar-refractivity contribution in [3.8, 4) is 0 Å². The normalized spacial score (nSPS) is 10.3. The quantitative estimate of drug-likeness (QED) is 0.842. The Hall–Kier alpha value is -1.88.